The minimum atomic E-state index is -0.683. The molecule has 2 aromatic carbocycles. The number of aromatic nitrogens is 1. The average Bonchev–Trinajstić information content (AvgIpc) is 3.65. The van der Waals surface area contributed by atoms with Crippen LogP contribution in [0.5, 0.6) is 0 Å². The molecule has 1 unspecified atom stereocenters. The lowest BCUT2D eigenvalue weighted by molar-refractivity contribution is -0.145. The zero-order chi connectivity index (χ0) is 25.5. The summed E-state index contributed by atoms with van der Waals surface area (Å²) in [6.45, 7) is 2.07. The molecule has 0 bridgehead atoms. The van der Waals surface area contributed by atoms with E-state index < -0.39 is 6.04 Å². The van der Waals surface area contributed by atoms with E-state index in [0.29, 0.717) is 5.69 Å². The molecule has 3 aromatic rings. The molecule has 1 aromatic heterocycles. The van der Waals surface area contributed by atoms with Crippen molar-refractivity contribution in [2.75, 3.05) is 4.90 Å². The molecular formula is C30H33N3O3S. The van der Waals surface area contributed by atoms with E-state index >= 15 is 0 Å². The minimum absolute atomic E-state index is 0.0109. The summed E-state index contributed by atoms with van der Waals surface area (Å²) < 4.78 is 1.14. The third-order valence-corrected chi connectivity index (χ3v) is 9.37. The summed E-state index contributed by atoms with van der Waals surface area (Å²) >= 11 is 1.64. The predicted octanol–water partition coefficient (Wildman–Crippen LogP) is 6.26. The van der Waals surface area contributed by atoms with Crippen LogP contribution in [-0.2, 0) is 14.4 Å². The number of imide groups is 1. The lowest BCUT2D eigenvalue weighted by atomic mass is 9.87. The van der Waals surface area contributed by atoms with Crippen LogP contribution in [0.3, 0.4) is 0 Å². The van der Waals surface area contributed by atoms with Crippen LogP contribution in [0.15, 0.2) is 42.5 Å². The van der Waals surface area contributed by atoms with Crippen LogP contribution in [0.2, 0.25) is 0 Å². The Balaban J connectivity index is 1.25. The number of carbonyl (C=O) groups excluding carboxylic acids is 3. The molecular weight excluding hydrogens is 482 g/mol. The van der Waals surface area contributed by atoms with Gasteiger partial charge in [-0.15, -0.1) is 11.3 Å². The zero-order valence-electron chi connectivity index (χ0n) is 21.3. The predicted molar refractivity (Wildman–Crippen MR) is 146 cm³/mol. The summed E-state index contributed by atoms with van der Waals surface area (Å²) in [5.41, 5.74) is 3.69. The molecule has 3 fully saturated rings. The molecule has 6 nitrogen and oxygen atoms in total. The monoisotopic (exact) mass is 515 g/mol. The van der Waals surface area contributed by atoms with Crippen LogP contribution in [0, 0.1) is 12.8 Å². The quantitative estimate of drug-likeness (QED) is 0.376. The Morgan fingerprint density at radius 2 is 1.65 bits per heavy atom. The summed E-state index contributed by atoms with van der Waals surface area (Å²) in [5, 5.41) is 0.912. The van der Waals surface area contributed by atoms with Crippen LogP contribution in [-0.4, -0.2) is 39.7 Å². The van der Waals surface area contributed by atoms with Crippen molar-refractivity contribution in [3.8, 4) is 10.6 Å². The second kappa shape index (κ2) is 10.0. The van der Waals surface area contributed by atoms with Gasteiger partial charge in [0.2, 0.25) is 11.8 Å². The number of fused-ring (bicyclic) bond motifs is 1. The van der Waals surface area contributed by atoms with E-state index in [0.717, 1.165) is 72.2 Å². The van der Waals surface area contributed by atoms with Crippen LogP contribution in [0.4, 0.5) is 5.69 Å². The van der Waals surface area contributed by atoms with E-state index in [1.165, 1.54) is 16.9 Å². The maximum Gasteiger partial charge on any atom is 0.257 e. The fourth-order valence-electron chi connectivity index (χ4n) is 6.34. The van der Waals surface area contributed by atoms with Crippen molar-refractivity contribution in [3.05, 3.63) is 48.0 Å². The third-order valence-electron chi connectivity index (χ3n) is 8.30. The van der Waals surface area contributed by atoms with Crippen LogP contribution < -0.4 is 4.90 Å². The molecule has 3 aliphatic rings. The number of hydrogen-bond donors (Lipinski definition) is 0. The van der Waals surface area contributed by atoms with Gasteiger partial charge in [-0.25, -0.2) is 9.88 Å². The number of aryl methyl sites for hydroxylation is 1. The average molecular weight is 516 g/mol. The largest absolute Gasteiger partial charge is 0.327 e. The van der Waals surface area contributed by atoms with Crippen molar-refractivity contribution in [1.29, 1.82) is 0 Å². The van der Waals surface area contributed by atoms with Crippen LogP contribution in [0.25, 0.3) is 20.8 Å². The molecule has 1 atom stereocenters. The molecule has 2 heterocycles. The standard InChI is InChI=1S/C30H33N3O3S/c1-19-11-16-24-26(17-19)37-28(31-24)20-12-14-23(15-13-20)33-27(34)18-25(30(33)36)32(22-9-5-6-10-22)29(35)21-7-3-2-4-8-21/h11-17,21-22,25H,2-10,18H2,1H3. The Morgan fingerprint density at radius 1 is 0.946 bits per heavy atom. The van der Waals surface area contributed by atoms with Gasteiger partial charge in [0.1, 0.15) is 11.0 Å². The second-order valence-corrected chi connectivity index (χ2v) is 11.9. The van der Waals surface area contributed by atoms with Gasteiger partial charge < -0.3 is 4.90 Å². The second-order valence-electron chi connectivity index (χ2n) is 10.8. The highest BCUT2D eigenvalue weighted by Crippen LogP contribution is 2.36. The molecule has 37 heavy (non-hydrogen) atoms. The van der Waals surface area contributed by atoms with Gasteiger partial charge in [0, 0.05) is 17.5 Å². The van der Waals surface area contributed by atoms with Gasteiger partial charge in [-0.2, -0.15) is 0 Å². The first kappa shape index (κ1) is 24.3. The highest BCUT2D eigenvalue weighted by atomic mass is 32.1. The van der Waals surface area contributed by atoms with Crippen molar-refractivity contribution in [3.63, 3.8) is 0 Å². The van der Waals surface area contributed by atoms with Gasteiger partial charge in [0.25, 0.3) is 5.91 Å². The van der Waals surface area contributed by atoms with Crippen molar-refractivity contribution >= 4 is 45.0 Å². The molecule has 2 aliphatic carbocycles. The number of anilines is 1. The Kier molecular flexibility index (Phi) is 6.57. The summed E-state index contributed by atoms with van der Waals surface area (Å²) in [6.07, 6.45) is 9.18. The number of carbonyl (C=O) groups is 3. The number of amides is 3. The van der Waals surface area contributed by atoms with E-state index in [9.17, 15) is 14.4 Å². The first-order valence-corrected chi connectivity index (χ1v) is 14.5. The molecule has 3 amide bonds. The Bertz CT molecular complexity index is 1340. The van der Waals surface area contributed by atoms with Gasteiger partial charge >= 0.3 is 0 Å². The molecule has 0 spiro atoms. The highest BCUT2D eigenvalue weighted by molar-refractivity contribution is 7.21. The Morgan fingerprint density at radius 3 is 2.38 bits per heavy atom. The number of nitrogens with zero attached hydrogens (tertiary/aromatic N) is 3. The zero-order valence-corrected chi connectivity index (χ0v) is 22.1. The van der Waals surface area contributed by atoms with E-state index in [-0.39, 0.29) is 36.1 Å². The first-order chi connectivity index (χ1) is 18.0. The summed E-state index contributed by atoms with van der Waals surface area (Å²) in [7, 11) is 0. The van der Waals surface area contributed by atoms with Crippen LogP contribution >= 0.6 is 11.3 Å². The lowest BCUT2D eigenvalue weighted by Gasteiger charge is -2.36. The topological polar surface area (TPSA) is 70.6 Å². The minimum Gasteiger partial charge on any atom is -0.327 e. The molecule has 7 heteroatoms. The van der Waals surface area contributed by atoms with Crippen molar-refractivity contribution in [2.45, 2.75) is 83.2 Å². The van der Waals surface area contributed by atoms with Gasteiger partial charge in [-0.05, 0) is 74.6 Å². The van der Waals surface area contributed by atoms with E-state index in [4.69, 9.17) is 4.98 Å². The van der Waals surface area contributed by atoms with E-state index in [1.807, 2.05) is 35.2 Å². The number of thiazole rings is 1. The van der Waals surface area contributed by atoms with Gasteiger partial charge in [0.05, 0.1) is 22.3 Å². The molecule has 2 saturated carbocycles. The molecule has 192 valence electrons. The number of hydrogen-bond acceptors (Lipinski definition) is 5. The van der Waals surface area contributed by atoms with Crippen molar-refractivity contribution in [2.24, 2.45) is 5.92 Å². The van der Waals surface area contributed by atoms with E-state index in [1.54, 1.807) is 11.3 Å². The molecule has 0 N–H and O–H groups in total. The van der Waals surface area contributed by atoms with Crippen molar-refractivity contribution in [1.82, 2.24) is 9.88 Å². The SMILES string of the molecule is Cc1ccc2nc(-c3ccc(N4C(=O)CC(N(C(=O)C5CCCCC5)C5CCCC5)C4=O)cc3)sc2c1. The number of benzene rings is 2. The lowest BCUT2D eigenvalue weighted by Crippen LogP contribution is -2.52. The molecule has 1 saturated heterocycles. The molecule has 1 aliphatic heterocycles. The fraction of sp³-hybridized carbons (Fsp3) is 0.467. The Hall–Kier alpha value is -3.06. The first-order valence-electron chi connectivity index (χ1n) is 13.7. The van der Waals surface area contributed by atoms with Crippen LogP contribution in [0.1, 0.15) is 69.8 Å². The van der Waals surface area contributed by atoms with Gasteiger partial charge in [-0.3, -0.25) is 14.4 Å². The maximum absolute atomic E-state index is 13.7. The Labute approximate surface area is 221 Å². The highest BCUT2D eigenvalue weighted by Gasteiger charge is 2.47. The summed E-state index contributed by atoms with van der Waals surface area (Å²) in [6, 6.07) is 13.1. The summed E-state index contributed by atoms with van der Waals surface area (Å²) in [4.78, 5) is 48.5. The van der Waals surface area contributed by atoms with Gasteiger partial charge in [-0.1, -0.05) is 38.2 Å². The van der Waals surface area contributed by atoms with Crippen molar-refractivity contribution < 1.29 is 14.4 Å². The normalized spacial score (nSPS) is 21.3. The van der Waals surface area contributed by atoms with E-state index in [2.05, 4.69) is 19.1 Å². The third kappa shape index (κ3) is 4.58. The molecule has 6 rings (SSSR count). The smallest absolute Gasteiger partial charge is 0.257 e. The fourth-order valence-corrected chi connectivity index (χ4v) is 7.41. The van der Waals surface area contributed by atoms with Gasteiger partial charge in [0.15, 0.2) is 0 Å². The number of rotatable bonds is 5. The maximum atomic E-state index is 13.7. The molecule has 0 radical (unpaired) electrons. The summed E-state index contributed by atoms with van der Waals surface area (Å²) in [5.74, 6) is -0.397.